The fourth-order valence-corrected chi connectivity index (χ4v) is 1.03. The molecule has 0 radical (unpaired) electrons. The molecule has 0 aliphatic carbocycles. The summed E-state index contributed by atoms with van der Waals surface area (Å²) < 4.78 is 0. The van der Waals surface area contributed by atoms with Gasteiger partial charge in [-0.2, -0.15) is 0 Å². The van der Waals surface area contributed by atoms with Crippen LogP contribution in [-0.4, -0.2) is 25.6 Å². The minimum absolute atomic E-state index is 0.367. The topological polar surface area (TPSA) is 64.9 Å². The largest absolute Gasteiger partial charge is 0.363 e. The molecule has 5 heteroatoms. The molecule has 0 N–H and O–H groups in total. The second-order valence-corrected chi connectivity index (χ2v) is 3.16. The van der Waals surface area contributed by atoms with Crippen molar-refractivity contribution in [2.75, 3.05) is 25.5 Å². The molecule has 5 nitrogen and oxygen atoms in total. The first-order valence-electron chi connectivity index (χ1n) is 4.55. The standard InChI is InChI=1S/C10H13N5/c1-15(2)10-6-5-9(8-12-10)4-3-7-13-14-11/h3-6,8H,7H2,1-2H3. The van der Waals surface area contributed by atoms with Crippen LogP contribution in [0.5, 0.6) is 0 Å². The van der Waals surface area contributed by atoms with Crippen LogP contribution in [0, 0.1) is 0 Å². The molecule has 1 aromatic rings. The van der Waals surface area contributed by atoms with Gasteiger partial charge in [0.15, 0.2) is 0 Å². The molecular weight excluding hydrogens is 190 g/mol. The number of anilines is 1. The highest BCUT2D eigenvalue weighted by Crippen LogP contribution is 2.08. The Morgan fingerprint density at radius 3 is 2.87 bits per heavy atom. The molecule has 0 bridgehead atoms. The zero-order valence-corrected chi connectivity index (χ0v) is 8.83. The highest BCUT2D eigenvalue weighted by molar-refractivity contribution is 5.51. The number of hydrogen-bond acceptors (Lipinski definition) is 3. The van der Waals surface area contributed by atoms with E-state index in [2.05, 4.69) is 15.0 Å². The Morgan fingerprint density at radius 2 is 2.33 bits per heavy atom. The quantitative estimate of drug-likeness (QED) is 0.428. The lowest BCUT2D eigenvalue weighted by atomic mass is 10.2. The van der Waals surface area contributed by atoms with Crippen LogP contribution in [0.25, 0.3) is 16.5 Å². The average molecular weight is 203 g/mol. The number of aromatic nitrogens is 1. The summed E-state index contributed by atoms with van der Waals surface area (Å²) in [7, 11) is 3.89. The van der Waals surface area contributed by atoms with E-state index in [0.29, 0.717) is 6.54 Å². The Labute approximate surface area is 88.7 Å². The third-order valence-electron chi connectivity index (χ3n) is 1.79. The zero-order chi connectivity index (χ0) is 11.1. The number of rotatable bonds is 4. The van der Waals surface area contributed by atoms with Gasteiger partial charge in [-0.3, -0.25) is 0 Å². The van der Waals surface area contributed by atoms with Crippen molar-refractivity contribution in [2.45, 2.75) is 0 Å². The molecule has 0 unspecified atom stereocenters. The van der Waals surface area contributed by atoms with Gasteiger partial charge in [0.1, 0.15) is 5.82 Å². The average Bonchev–Trinajstić information content (AvgIpc) is 2.25. The zero-order valence-electron chi connectivity index (χ0n) is 8.83. The first-order valence-corrected chi connectivity index (χ1v) is 4.55. The van der Waals surface area contributed by atoms with Crippen molar-refractivity contribution in [3.63, 3.8) is 0 Å². The molecule has 15 heavy (non-hydrogen) atoms. The van der Waals surface area contributed by atoms with Crippen LogP contribution in [-0.2, 0) is 0 Å². The molecule has 1 aromatic heterocycles. The fraction of sp³-hybridized carbons (Fsp3) is 0.300. The summed E-state index contributed by atoms with van der Waals surface area (Å²) in [4.78, 5) is 8.84. The van der Waals surface area contributed by atoms with Gasteiger partial charge in [-0.1, -0.05) is 17.3 Å². The predicted molar refractivity (Wildman–Crippen MR) is 61.6 cm³/mol. The van der Waals surface area contributed by atoms with Gasteiger partial charge in [-0.25, -0.2) is 4.98 Å². The van der Waals surface area contributed by atoms with E-state index >= 15 is 0 Å². The first kappa shape index (κ1) is 11.1. The summed E-state index contributed by atoms with van der Waals surface area (Å²) in [5.74, 6) is 0.919. The van der Waals surface area contributed by atoms with Gasteiger partial charge in [-0.15, -0.1) is 0 Å². The van der Waals surface area contributed by atoms with Crippen LogP contribution in [0.3, 0.4) is 0 Å². The Hall–Kier alpha value is -2.00. The van der Waals surface area contributed by atoms with Gasteiger partial charge in [0.25, 0.3) is 0 Å². The lowest BCUT2D eigenvalue weighted by Gasteiger charge is -2.10. The molecule has 1 rings (SSSR count). The molecule has 0 atom stereocenters. The summed E-state index contributed by atoms with van der Waals surface area (Å²) >= 11 is 0. The highest BCUT2D eigenvalue weighted by Gasteiger charge is 1.94. The smallest absolute Gasteiger partial charge is 0.127 e. The van der Waals surface area contributed by atoms with Gasteiger partial charge in [0.2, 0.25) is 0 Å². The van der Waals surface area contributed by atoms with Crippen molar-refractivity contribution >= 4 is 11.9 Å². The van der Waals surface area contributed by atoms with Gasteiger partial charge >= 0.3 is 0 Å². The molecule has 0 saturated carbocycles. The summed E-state index contributed by atoms with van der Waals surface area (Å²) in [5, 5.41) is 3.40. The van der Waals surface area contributed by atoms with E-state index in [1.807, 2.05) is 37.2 Å². The van der Waals surface area contributed by atoms with Gasteiger partial charge in [-0.05, 0) is 23.2 Å². The minimum Gasteiger partial charge on any atom is -0.363 e. The minimum atomic E-state index is 0.367. The second-order valence-electron chi connectivity index (χ2n) is 3.16. The molecular formula is C10H13N5. The molecule has 78 valence electrons. The van der Waals surface area contributed by atoms with Crippen molar-refractivity contribution in [1.29, 1.82) is 0 Å². The van der Waals surface area contributed by atoms with Crippen LogP contribution < -0.4 is 4.90 Å². The number of hydrogen-bond donors (Lipinski definition) is 0. The second kappa shape index (κ2) is 5.67. The van der Waals surface area contributed by atoms with Crippen LogP contribution in [0.1, 0.15) is 5.56 Å². The van der Waals surface area contributed by atoms with Gasteiger partial charge < -0.3 is 4.90 Å². The molecule has 0 aliphatic heterocycles. The Bertz CT molecular complexity index is 373. The van der Waals surface area contributed by atoms with E-state index in [9.17, 15) is 0 Å². The SMILES string of the molecule is CN(C)c1ccc(C=CCN=[N+]=[N-])cn1. The molecule has 0 saturated heterocycles. The number of pyridine rings is 1. The van der Waals surface area contributed by atoms with E-state index in [1.54, 1.807) is 12.3 Å². The summed E-state index contributed by atoms with van der Waals surface area (Å²) in [6.07, 6.45) is 5.45. The van der Waals surface area contributed by atoms with Crippen LogP contribution >= 0.6 is 0 Å². The first-order chi connectivity index (χ1) is 7.24. The van der Waals surface area contributed by atoms with Crippen molar-refractivity contribution in [1.82, 2.24) is 4.98 Å². The highest BCUT2D eigenvalue weighted by atomic mass is 15.1. The van der Waals surface area contributed by atoms with Crippen molar-refractivity contribution in [3.8, 4) is 0 Å². The molecule has 0 amide bonds. The van der Waals surface area contributed by atoms with Gasteiger partial charge in [0, 0.05) is 31.7 Å². The van der Waals surface area contributed by atoms with E-state index in [-0.39, 0.29) is 0 Å². The number of nitrogens with zero attached hydrogens (tertiary/aromatic N) is 5. The van der Waals surface area contributed by atoms with E-state index in [1.165, 1.54) is 0 Å². The van der Waals surface area contributed by atoms with E-state index < -0.39 is 0 Å². The Kier molecular flexibility index (Phi) is 4.19. The fourth-order valence-electron chi connectivity index (χ4n) is 1.03. The summed E-state index contributed by atoms with van der Waals surface area (Å²) in [6, 6.07) is 3.90. The maximum absolute atomic E-state index is 8.07. The lowest BCUT2D eigenvalue weighted by Crippen LogP contribution is -2.09. The Balaban J connectivity index is 2.64. The van der Waals surface area contributed by atoms with Crippen LogP contribution in [0.2, 0.25) is 0 Å². The van der Waals surface area contributed by atoms with Crippen molar-refractivity contribution in [3.05, 3.63) is 40.4 Å². The van der Waals surface area contributed by atoms with E-state index in [4.69, 9.17) is 5.53 Å². The molecule has 0 fully saturated rings. The predicted octanol–water partition coefficient (Wildman–Crippen LogP) is 2.47. The maximum atomic E-state index is 8.07. The van der Waals surface area contributed by atoms with Crippen LogP contribution in [0.15, 0.2) is 29.5 Å². The maximum Gasteiger partial charge on any atom is 0.127 e. The molecule has 0 aromatic carbocycles. The molecule has 0 aliphatic rings. The number of azide groups is 1. The van der Waals surface area contributed by atoms with Crippen molar-refractivity contribution in [2.24, 2.45) is 5.11 Å². The van der Waals surface area contributed by atoms with Crippen molar-refractivity contribution < 1.29 is 0 Å². The van der Waals surface area contributed by atoms with Gasteiger partial charge in [0.05, 0.1) is 0 Å². The lowest BCUT2D eigenvalue weighted by molar-refractivity contribution is 1.07. The van der Waals surface area contributed by atoms with E-state index in [0.717, 1.165) is 11.4 Å². The molecule has 0 spiro atoms. The molecule has 1 heterocycles. The summed E-state index contributed by atoms with van der Waals surface area (Å²) in [6.45, 7) is 0.367. The third kappa shape index (κ3) is 3.70. The third-order valence-corrected chi connectivity index (χ3v) is 1.79. The Morgan fingerprint density at radius 1 is 1.53 bits per heavy atom. The van der Waals surface area contributed by atoms with Crippen LogP contribution in [0.4, 0.5) is 5.82 Å². The monoisotopic (exact) mass is 203 g/mol. The summed E-state index contributed by atoms with van der Waals surface area (Å²) in [5.41, 5.74) is 9.06. The normalized spacial score (nSPS) is 10.0.